The molecule has 0 aliphatic rings. The highest BCUT2D eigenvalue weighted by Crippen LogP contribution is 2.20. The summed E-state index contributed by atoms with van der Waals surface area (Å²) < 4.78 is 138. The monoisotopic (exact) mass is 1170 g/mol. The zero-order valence-electron chi connectivity index (χ0n) is 69.6. The van der Waals surface area contributed by atoms with Crippen molar-refractivity contribution in [1.29, 1.82) is 0 Å². The standard InChI is InChI=1S/C23H22N.2C21H18N.C20H16N/c1-7-8-20-11-16(2)17(3)12-21(20)9-10-22-13-18(4)19(5)14-23(22)15-24-6;1-5-6-20-13-16(2)7-9-18(20)11-12-19-10-8-17(3)14-21(19)15-22-4;1-5-6-18-9-7-16(2)13-19(18)11-12-20-14-17(3)8-10-21(20)15-22-4;1-4-7-17-8-5-6-9-18(17)12-13-19-14-16(2)10-11-20(19)15-21-3/h11-14H,1-6H3;2*7-10,13-14H,1-4H3;5-6,8-11,14H,1-3H3/q4*+1/i2D3,4D3,5D3;2D3,3D3;3D3;. The van der Waals surface area contributed by atoms with Crippen LogP contribution in [0.25, 0.3) is 19.4 Å². The number of benzene rings is 8. The number of aryl methyl sites for hydroxylation is 9. The predicted octanol–water partition coefficient (Wildman–Crippen LogP) is 17.9. The summed E-state index contributed by atoms with van der Waals surface area (Å²) in [5, 5.41) is 0. The molecule has 4 heteroatoms. The first-order chi connectivity index (χ1) is 50.2. The third-order valence-electron chi connectivity index (χ3n) is 12.2. The normalized spacial score (nSPS) is 12.6. The molecule has 0 saturated carbocycles. The second kappa shape index (κ2) is 35.5. The van der Waals surface area contributed by atoms with Gasteiger partial charge < -0.3 is 0 Å². The molecule has 0 saturated heterocycles. The molecule has 0 amide bonds. The van der Waals surface area contributed by atoms with Crippen molar-refractivity contribution in [3.63, 3.8) is 0 Å². The molecule has 0 atom stereocenters. The minimum absolute atomic E-state index is 0.171. The predicted molar refractivity (Wildman–Crippen MR) is 377 cm³/mol. The second-order valence-corrected chi connectivity index (χ2v) is 18.9. The maximum Gasteiger partial charge on any atom is 0.311 e. The SMILES string of the molecule is CC#Cc1ccccc1C#Cc1cc(C)ccc1C#[N+]C.[2H]C([2H])([2H])c1cc(C#CC)c(C#Cc2cc(C([2H])([2H])[2H])c(C([2H])([2H])[2H])cc2C#[N+]C)cc1C.[2H]C([2H])([2H])c1ccc(C#Cc2ccc(C([2H])([2H])[2H])cc2C#[N+]C)c(C#CC)c1.[2H]C([2H])([2H])c1ccc(C#[N+]C)c(C#Cc2cc(C)ccc2C#CC)c1. The van der Waals surface area contributed by atoms with Crippen LogP contribution in [0.1, 0.15) is 191 Å². The average molecular weight is 1170 g/mol. The summed E-state index contributed by atoms with van der Waals surface area (Å²) in [5.74, 6) is 47.5. The third-order valence-corrected chi connectivity index (χ3v) is 12.2. The lowest BCUT2D eigenvalue weighted by Gasteiger charge is -2.04. The van der Waals surface area contributed by atoms with E-state index in [-0.39, 0.29) is 44.5 Å². The van der Waals surface area contributed by atoms with Crippen molar-refractivity contribution in [2.24, 2.45) is 0 Å². The molecule has 0 aromatic heterocycles. The molecule has 0 unspecified atom stereocenters. The topological polar surface area (TPSA) is 17.4 Å². The van der Waals surface area contributed by atoms with Gasteiger partial charge in [-0.1, -0.05) is 133 Å². The van der Waals surface area contributed by atoms with Crippen LogP contribution in [-0.2, 0) is 0 Å². The molecule has 0 fully saturated rings. The quantitative estimate of drug-likeness (QED) is 0.135. The zero-order chi connectivity index (χ0) is 79.7. The fourth-order valence-electron chi connectivity index (χ4n) is 7.95. The number of rotatable bonds is 0. The molecule has 430 valence electrons. The van der Waals surface area contributed by atoms with Gasteiger partial charge in [0, 0.05) is 91.4 Å². The molecule has 0 N–H and O–H groups in total. The maximum absolute atomic E-state index is 7.78. The molecule has 0 radical (unpaired) electrons. The summed E-state index contributed by atoms with van der Waals surface area (Å²) in [4.78, 5) is 15.5. The first kappa shape index (κ1) is 45.6. The van der Waals surface area contributed by atoms with Crippen molar-refractivity contribution in [2.45, 2.75) is 89.6 Å². The molecule has 8 rings (SSSR count). The fraction of sp³-hybridized carbons (Fsp3) is 0.200. The zero-order valence-corrected chi connectivity index (χ0v) is 51.6. The van der Waals surface area contributed by atoms with E-state index in [9.17, 15) is 0 Å². The van der Waals surface area contributed by atoms with Crippen molar-refractivity contribution in [2.75, 3.05) is 28.2 Å². The third kappa shape index (κ3) is 21.3. The molecule has 4 nitrogen and oxygen atoms in total. The van der Waals surface area contributed by atoms with Gasteiger partial charge in [-0.25, -0.2) is 0 Å². The number of hydrogen-bond acceptors (Lipinski definition) is 0. The van der Waals surface area contributed by atoms with Crippen LogP contribution in [-0.4, -0.2) is 28.2 Å². The fourth-order valence-corrected chi connectivity index (χ4v) is 7.95. The van der Waals surface area contributed by atoms with E-state index in [1.54, 1.807) is 85.2 Å². The van der Waals surface area contributed by atoms with Gasteiger partial charge in [-0.3, -0.25) is 0 Å². The Morgan fingerprint density at radius 2 is 0.472 bits per heavy atom. The largest absolute Gasteiger partial charge is 0.311 e. The van der Waals surface area contributed by atoms with E-state index >= 15 is 0 Å². The van der Waals surface area contributed by atoms with Crippen LogP contribution >= 0.6 is 0 Å². The van der Waals surface area contributed by atoms with E-state index in [1.807, 2.05) is 68.4 Å². The number of nitrogens with zero attached hydrogens (tertiary/aromatic N) is 4. The molecular weight excluding hydrogens is 1080 g/mol. The molecule has 0 aliphatic carbocycles. The highest BCUT2D eigenvalue weighted by molar-refractivity contribution is 5.62. The first-order valence-electron chi connectivity index (χ1n) is 36.5. The Labute approximate surface area is 557 Å². The van der Waals surface area contributed by atoms with Gasteiger partial charge in [0.25, 0.3) is 28.2 Å². The molecular formula is C85H74N4+4. The molecule has 8 aromatic carbocycles. The maximum atomic E-state index is 7.78. The Morgan fingerprint density at radius 3 is 0.888 bits per heavy atom. The molecule has 8 aromatic rings. The van der Waals surface area contributed by atoms with Gasteiger partial charge in [0.2, 0.25) is 0 Å². The van der Waals surface area contributed by atoms with Gasteiger partial charge in [-0.05, 0) is 237 Å². The van der Waals surface area contributed by atoms with Crippen LogP contribution in [0.15, 0.2) is 140 Å². The molecule has 0 bridgehead atoms. The summed E-state index contributed by atoms with van der Waals surface area (Å²) in [7, 11) is 6.32. The van der Waals surface area contributed by atoms with E-state index in [4.69, 9.17) is 24.7 Å². The van der Waals surface area contributed by atoms with Crippen molar-refractivity contribution in [3.8, 4) is 119 Å². The average Bonchev–Trinajstić information content (AvgIpc) is 0.777. The summed E-state index contributed by atoms with van der Waals surface area (Å²) in [5.41, 5.74) is 13.1. The molecule has 89 heavy (non-hydrogen) atoms. The van der Waals surface area contributed by atoms with E-state index in [1.165, 1.54) is 55.1 Å². The first-order valence-corrected chi connectivity index (χ1v) is 27.5. The minimum Gasteiger partial charge on any atom is -0.101 e. The highest BCUT2D eigenvalue weighted by atomic mass is 14.6. The Hall–Kier alpha value is -11.8. The van der Waals surface area contributed by atoms with E-state index in [2.05, 4.69) is 151 Å². The lowest BCUT2D eigenvalue weighted by Crippen LogP contribution is -1.92. The summed E-state index contributed by atoms with van der Waals surface area (Å²) in [6.07, 6.45) is 0. The lowest BCUT2D eigenvalue weighted by atomic mass is 9.98. The van der Waals surface area contributed by atoms with Gasteiger partial charge in [0.05, 0.1) is 0 Å². The van der Waals surface area contributed by atoms with Crippen LogP contribution < -0.4 is 0 Å². The van der Waals surface area contributed by atoms with Crippen molar-refractivity contribution in [1.82, 2.24) is 0 Å². The van der Waals surface area contributed by atoms with Crippen LogP contribution in [0.4, 0.5) is 0 Å². The van der Waals surface area contributed by atoms with Crippen LogP contribution in [0.3, 0.4) is 0 Å². The Bertz CT molecular complexity index is 5450. The summed E-state index contributed by atoms with van der Waals surface area (Å²) in [6, 6.07) is 50.8. The van der Waals surface area contributed by atoms with Gasteiger partial charge >= 0.3 is 24.3 Å². The van der Waals surface area contributed by atoms with Crippen molar-refractivity contribution >= 4 is 0 Å². The van der Waals surface area contributed by atoms with Gasteiger partial charge in [0.15, 0.2) is 0 Å². The van der Waals surface area contributed by atoms with Crippen molar-refractivity contribution in [3.05, 3.63) is 298 Å². The molecule has 0 heterocycles. The molecule has 0 spiro atoms. The molecule has 0 aliphatic heterocycles. The lowest BCUT2D eigenvalue weighted by molar-refractivity contribution is 1.31. The van der Waals surface area contributed by atoms with E-state index < -0.39 is 41.1 Å². The Balaban J connectivity index is 0.000000259. The van der Waals surface area contributed by atoms with E-state index in [0.717, 1.165) is 38.9 Å². The van der Waals surface area contributed by atoms with Crippen LogP contribution in [0, 0.1) is 181 Å². The Morgan fingerprint density at radius 1 is 0.236 bits per heavy atom. The van der Waals surface area contributed by atoms with Crippen LogP contribution in [0.2, 0.25) is 0 Å². The van der Waals surface area contributed by atoms with Crippen molar-refractivity contribution < 1.29 is 24.7 Å². The summed E-state index contributed by atoms with van der Waals surface area (Å²) in [6.45, 7) is -1.66. The van der Waals surface area contributed by atoms with E-state index in [0.29, 0.717) is 50.1 Å². The summed E-state index contributed by atoms with van der Waals surface area (Å²) >= 11 is 0. The van der Waals surface area contributed by atoms with Gasteiger partial charge in [-0.15, -0.1) is 23.7 Å². The van der Waals surface area contributed by atoms with Gasteiger partial charge in [-0.2, -0.15) is 0 Å². The second-order valence-electron chi connectivity index (χ2n) is 18.9. The highest BCUT2D eigenvalue weighted by Gasteiger charge is 2.09. The minimum atomic E-state index is -2.67. The Kier molecular flexibility index (Phi) is 18.2. The smallest absolute Gasteiger partial charge is 0.101 e. The van der Waals surface area contributed by atoms with Crippen LogP contribution in [0.5, 0.6) is 0 Å². The van der Waals surface area contributed by atoms with Gasteiger partial charge in [0.1, 0.15) is 22.3 Å². The number of hydrogen-bond donors (Lipinski definition) is 0.